The maximum atomic E-state index is 13.7. The molecule has 0 fully saturated rings. The van der Waals surface area contributed by atoms with Gasteiger partial charge in [-0.15, -0.1) is 0 Å². The summed E-state index contributed by atoms with van der Waals surface area (Å²) in [4.78, 5) is 7.40. The number of alkyl halides is 3. The van der Waals surface area contributed by atoms with Crippen molar-refractivity contribution < 1.29 is 23.0 Å². The van der Waals surface area contributed by atoms with E-state index in [2.05, 4.69) is 25.9 Å². The van der Waals surface area contributed by atoms with Crippen LogP contribution in [0, 0.1) is 0 Å². The average Bonchev–Trinajstić information content (AvgIpc) is 2.61. The standard InChI is InChI=1S/C18H13BrF3N3O2/c1-27-11-6-7-12(13(26)8-11)15-14(9-2-4-10(19)5-3-9)16(18(20,21)22)25-17(23)24-15/h2-8,26H,1H3,(H2,23,24,25). The van der Waals surface area contributed by atoms with Gasteiger partial charge in [0.05, 0.1) is 12.8 Å². The molecular weight excluding hydrogens is 427 g/mol. The summed E-state index contributed by atoms with van der Waals surface area (Å²) in [6.45, 7) is 0. The highest BCUT2D eigenvalue weighted by molar-refractivity contribution is 9.10. The van der Waals surface area contributed by atoms with E-state index in [1.807, 2.05) is 0 Å². The Balaban J connectivity index is 2.36. The van der Waals surface area contributed by atoms with Gasteiger partial charge in [0.1, 0.15) is 11.5 Å². The van der Waals surface area contributed by atoms with Crippen molar-refractivity contribution in [3.63, 3.8) is 0 Å². The van der Waals surface area contributed by atoms with Crippen LogP contribution < -0.4 is 10.5 Å². The van der Waals surface area contributed by atoms with Gasteiger partial charge in [0.15, 0.2) is 5.69 Å². The molecule has 0 aliphatic carbocycles. The van der Waals surface area contributed by atoms with E-state index in [1.54, 1.807) is 12.1 Å². The molecule has 5 nitrogen and oxygen atoms in total. The van der Waals surface area contributed by atoms with Gasteiger partial charge in [-0.3, -0.25) is 0 Å². The molecule has 0 amide bonds. The minimum absolute atomic E-state index is 0.0771. The SMILES string of the molecule is COc1ccc(-c2nc(N)nc(C(F)(F)F)c2-c2ccc(Br)cc2)c(O)c1. The second-order valence-corrected chi connectivity index (χ2v) is 6.46. The Morgan fingerprint density at radius 1 is 1.07 bits per heavy atom. The van der Waals surface area contributed by atoms with Crippen molar-refractivity contribution in [3.05, 3.63) is 52.6 Å². The number of aromatic nitrogens is 2. The number of ether oxygens (including phenoxy) is 1. The van der Waals surface area contributed by atoms with E-state index in [0.29, 0.717) is 10.2 Å². The molecule has 3 N–H and O–H groups in total. The van der Waals surface area contributed by atoms with Crippen LogP contribution in [-0.4, -0.2) is 22.2 Å². The molecule has 0 saturated carbocycles. The molecular formula is C18H13BrF3N3O2. The van der Waals surface area contributed by atoms with Crippen molar-refractivity contribution >= 4 is 21.9 Å². The number of hydrogen-bond donors (Lipinski definition) is 2. The molecule has 1 heterocycles. The van der Waals surface area contributed by atoms with Crippen LogP contribution in [0.2, 0.25) is 0 Å². The number of phenolic OH excluding ortho intramolecular Hbond substituents is 1. The van der Waals surface area contributed by atoms with Gasteiger partial charge in [-0.2, -0.15) is 13.2 Å². The van der Waals surface area contributed by atoms with Gasteiger partial charge in [0.25, 0.3) is 0 Å². The predicted octanol–water partition coefficient (Wildman–Crippen LogP) is 4.89. The van der Waals surface area contributed by atoms with Gasteiger partial charge in [-0.25, -0.2) is 9.97 Å². The zero-order chi connectivity index (χ0) is 19.8. The summed E-state index contributed by atoms with van der Waals surface area (Å²) in [5.41, 5.74) is 4.26. The first kappa shape index (κ1) is 19.0. The number of nitrogen functional groups attached to an aromatic ring is 1. The highest BCUT2D eigenvalue weighted by Crippen LogP contribution is 2.43. The number of methoxy groups -OCH3 is 1. The zero-order valence-electron chi connectivity index (χ0n) is 13.9. The topological polar surface area (TPSA) is 81.3 Å². The normalized spacial score (nSPS) is 11.4. The van der Waals surface area contributed by atoms with Gasteiger partial charge in [-0.1, -0.05) is 28.1 Å². The Kier molecular flexibility index (Phi) is 4.97. The number of nitrogens with zero attached hydrogens (tertiary/aromatic N) is 2. The number of hydrogen-bond acceptors (Lipinski definition) is 5. The van der Waals surface area contributed by atoms with Gasteiger partial charge in [0, 0.05) is 21.7 Å². The van der Waals surface area contributed by atoms with Crippen LogP contribution in [0.3, 0.4) is 0 Å². The lowest BCUT2D eigenvalue weighted by molar-refractivity contribution is -0.140. The molecule has 0 radical (unpaired) electrons. The van der Waals surface area contributed by atoms with Crippen LogP contribution in [0.4, 0.5) is 19.1 Å². The first-order valence-electron chi connectivity index (χ1n) is 7.58. The monoisotopic (exact) mass is 439 g/mol. The number of aromatic hydroxyl groups is 1. The smallest absolute Gasteiger partial charge is 0.434 e. The molecule has 3 aromatic rings. The second kappa shape index (κ2) is 7.07. The van der Waals surface area contributed by atoms with E-state index >= 15 is 0 Å². The zero-order valence-corrected chi connectivity index (χ0v) is 15.5. The van der Waals surface area contributed by atoms with Gasteiger partial charge < -0.3 is 15.6 Å². The van der Waals surface area contributed by atoms with Crippen molar-refractivity contribution in [2.45, 2.75) is 6.18 Å². The van der Waals surface area contributed by atoms with Crippen molar-refractivity contribution in [2.24, 2.45) is 0 Å². The quantitative estimate of drug-likeness (QED) is 0.607. The number of phenols is 1. The number of anilines is 1. The van der Waals surface area contributed by atoms with Crippen molar-refractivity contribution in [1.29, 1.82) is 0 Å². The molecule has 0 spiro atoms. The fourth-order valence-electron chi connectivity index (χ4n) is 2.61. The van der Waals surface area contributed by atoms with Gasteiger partial charge in [-0.05, 0) is 29.8 Å². The highest BCUT2D eigenvalue weighted by Gasteiger charge is 2.38. The van der Waals surface area contributed by atoms with Crippen molar-refractivity contribution in [3.8, 4) is 33.9 Å². The molecule has 3 rings (SSSR count). The molecule has 0 bridgehead atoms. The lowest BCUT2D eigenvalue weighted by atomic mass is 9.96. The summed E-state index contributed by atoms with van der Waals surface area (Å²) in [6.07, 6.45) is -4.77. The summed E-state index contributed by atoms with van der Waals surface area (Å²) in [5, 5.41) is 10.3. The summed E-state index contributed by atoms with van der Waals surface area (Å²) in [5.74, 6) is -0.494. The van der Waals surface area contributed by atoms with E-state index in [-0.39, 0.29) is 28.1 Å². The van der Waals surface area contributed by atoms with Gasteiger partial charge in [0.2, 0.25) is 5.95 Å². The number of halogens is 4. The van der Waals surface area contributed by atoms with E-state index in [9.17, 15) is 18.3 Å². The maximum Gasteiger partial charge on any atom is 0.434 e. The molecule has 2 aromatic carbocycles. The lowest BCUT2D eigenvalue weighted by Gasteiger charge is -2.17. The molecule has 0 aliphatic heterocycles. The van der Waals surface area contributed by atoms with Crippen molar-refractivity contribution in [2.75, 3.05) is 12.8 Å². The molecule has 0 atom stereocenters. The van der Waals surface area contributed by atoms with Crippen molar-refractivity contribution in [1.82, 2.24) is 9.97 Å². The summed E-state index contributed by atoms with van der Waals surface area (Å²) < 4.78 is 46.7. The Morgan fingerprint density at radius 2 is 1.74 bits per heavy atom. The Labute approximate surface area is 160 Å². The summed E-state index contributed by atoms with van der Waals surface area (Å²) in [6, 6.07) is 10.4. The molecule has 27 heavy (non-hydrogen) atoms. The van der Waals surface area contributed by atoms with E-state index in [1.165, 1.54) is 37.4 Å². The average molecular weight is 440 g/mol. The molecule has 9 heteroatoms. The third kappa shape index (κ3) is 3.82. The minimum atomic E-state index is -4.77. The van der Waals surface area contributed by atoms with Crippen LogP contribution in [-0.2, 0) is 6.18 Å². The molecule has 0 aliphatic rings. The van der Waals surface area contributed by atoms with E-state index < -0.39 is 17.8 Å². The van der Waals surface area contributed by atoms with Crippen LogP contribution in [0.25, 0.3) is 22.4 Å². The van der Waals surface area contributed by atoms with E-state index in [0.717, 1.165) is 0 Å². The lowest BCUT2D eigenvalue weighted by Crippen LogP contribution is -2.14. The third-order valence-corrected chi connectivity index (χ3v) is 4.32. The minimum Gasteiger partial charge on any atom is -0.507 e. The first-order valence-corrected chi connectivity index (χ1v) is 8.38. The molecule has 0 saturated heterocycles. The first-order chi connectivity index (χ1) is 12.7. The second-order valence-electron chi connectivity index (χ2n) is 5.54. The highest BCUT2D eigenvalue weighted by atomic mass is 79.9. The van der Waals surface area contributed by atoms with Gasteiger partial charge >= 0.3 is 6.18 Å². The number of benzene rings is 2. The summed E-state index contributed by atoms with van der Waals surface area (Å²) in [7, 11) is 1.41. The fraction of sp³-hybridized carbons (Fsp3) is 0.111. The molecule has 1 aromatic heterocycles. The number of nitrogens with two attached hydrogens (primary N) is 1. The van der Waals surface area contributed by atoms with Crippen LogP contribution in [0.1, 0.15) is 5.69 Å². The number of rotatable bonds is 3. The molecule has 140 valence electrons. The van der Waals surface area contributed by atoms with E-state index in [4.69, 9.17) is 10.5 Å². The summed E-state index contributed by atoms with van der Waals surface area (Å²) >= 11 is 3.25. The Morgan fingerprint density at radius 3 is 2.30 bits per heavy atom. The largest absolute Gasteiger partial charge is 0.507 e. The predicted molar refractivity (Wildman–Crippen MR) is 98.2 cm³/mol. The molecule has 0 unspecified atom stereocenters. The third-order valence-electron chi connectivity index (χ3n) is 3.79. The fourth-order valence-corrected chi connectivity index (χ4v) is 2.87. The van der Waals surface area contributed by atoms with Crippen LogP contribution in [0.15, 0.2) is 46.9 Å². The van der Waals surface area contributed by atoms with Crippen LogP contribution >= 0.6 is 15.9 Å². The Hall–Kier alpha value is -2.81. The maximum absolute atomic E-state index is 13.7. The Bertz CT molecular complexity index is 992. The van der Waals surface area contributed by atoms with Crippen LogP contribution in [0.5, 0.6) is 11.5 Å².